The molecule has 0 spiro atoms. The Morgan fingerprint density at radius 1 is 1.44 bits per heavy atom. The van der Waals surface area contributed by atoms with Gasteiger partial charge in [0.2, 0.25) is 0 Å². The summed E-state index contributed by atoms with van der Waals surface area (Å²) < 4.78 is 5.45. The van der Waals surface area contributed by atoms with E-state index in [0.29, 0.717) is 0 Å². The first-order valence-electron chi connectivity index (χ1n) is 6.41. The summed E-state index contributed by atoms with van der Waals surface area (Å²) in [5.74, 6) is -0.0406. The molecule has 0 saturated carbocycles. The number of unbranched alkanes of at least 4 members (excludes halogenated alkanes) is 1. The molecule has 0 bridgehead atoms. The van der Waals surface area contributed by atoms with Crippen molar-refractivity contribution >= 4 is 5.97 Å². The predicted octanol–water partition coefficient (Wildman–Crippen LogP) is 2.59. The molecule has 0 N–H and O–H groups in total. The number of carbonyl (C=O) groups excluding carboxylic acids is 1. The summed E-state index contributed by atoms with van der Waals surface area (Å²) in [4.78, 5) is 14.2. The zero-order valence-electron chi connectivity index (χ0n) is 11.1. The fraction of sp³-hybridized carbons (Fsp3) is 0.923. The first-order valence-corrected chi connectivity index (χ1v) is 6.41. The van der Waals surface area contributed by atoms with Crippen LogP contribution >= 0.6 is 0 Å². The van der Waals surface area contributed by atoms with E-state index in [4.69, 9.17) is 4.74 Å². The van der Waals surface area contributed by atoms with Gasteiger partial charge in [0, 0.05) is 0 Å². The van der Waals surface area contributed by atoms with Gasteiger partial charge in [-0.25, -0.2) is 0 Å². The van der Waals surface area contributed by atoms with E-state index in [0.717, 1.165) is 25.9 Å². The van der Waals surface area contributed by atoms with Gasteiger partial charge < -0.3 is 4.74 Å². The lowest BCUT2D eigenvalue weighted by Gasteiger charge is -2.27. The van der Waals surface area contributed by atoms with Crippen molar-refractivity contribution in [1.29, 1.82) is 0 Å². The molecule has 1 heterocycles. The van der Waals surface area contributed by atoms with Gasteiger partial charge in [-0.05, 0) is 53.1 Å². The maximum Gasteiger partial charge on any atom is 0.323 e. The van der Waals surface area contributed by atoms with E-state index < -0.39 is 0 Å². The van der Waals surface area contributed by atoms with Crippen molar-refractivity contribution in [2.24, 2.45) is 0 Å². The smallest absolute Gasteiger partial charge is 0.323 e. The largest absolute Gasteiger partial charge is 0.459 e. The van der Waals surface area contributed by atoms with Crippen molar-refractivity contribution in [3.05, 3.63) is 0 Å². The van der Waals surface area contributed by atoms with Crippen LogP contribution in [0.3, 0.4) is 0 Å². The average molecular weight is 227 g/mol. The van der Waals surface area contributed by atoms with Crippen LogP contribution in [0, 0.1) is 0 Å². The highest BCUT2D eigenvalue weighted by molar-refractivity contribution is 5.76. The van der Waals surface area contributed by atoms with Crippen LogP contribution in [-0.4, -0.2) is 35.6 Å². The molecule has 0 aromatic carbocycles. The van der Waals surface area contributed by atoms with Gasteiger partial charge in [0.1, 0.15) is 11.6 Å². The van der Waals surface area contributed by atoms with Gasteiger partial charge >= 0.3 is 5.97 Å². The molecule has 0 aromatic rings. The molecule has 1 aliphatic rings. The number of nitrogens with zero attached hydrogens (tertiary/aromatic N) is 1. The van der Waals surface area contributed by atoms with Crippen LogP contribution in [0.25, 0.3) is 0 Å². The molecule has 3 nitrogen and oxygen atoms in total. The highest BCUT2D eigenvalue weighted by Crippen LogP contribution is 2.21. The Bertz CT molecular complexity index is 233. The van der Waals surface area contributed by atoms with Gasteiger partial charge in [0.25, 0.3) is 0 Å². The van der Waals surface area contributed by atoms with Crippen molar-refractivity contribution in [3.63, 3.8) is 0 Å². The molecule has 1 saturated heterocycles. The first-order chi connectivity index (χ1) is 7.44. The number of rotatable bonds is 4. The highest BCUT2D eigenvalue weighted by atomic mass is 16.6. The van der Waals surface area contributed by atoms with E-state index in [2.05, 4.69) is 11.8 Å². The second kappa shape index (κ2) is 5.67. The summed E-state index contributed by atoms with van der Waals surface area (Å²) in [6, 6.07) is 0.00535. The molecule has 0 aliphatic carbocycles. The van der Waals surface area contributed by atoms with E-state index >= 15 is 0 Å². The quantitative estimate of drug-likeness (QED) is 0.691. The zero-order valence-corrected chi connectivity index (χ0v) is 11.1. The molecule has 0 aromatic heterocycles. The fourth-order valence-corrected chi connectivity index (χ4v) is 2.09. The molecule has 16 heavy (non-hydrogen) atoms. The summed E-state index contributed by atoms with van der Waals surface area (Å²) in [5, 5.41) is 0. The molecule has 1 fully saturated rings. The van der Waals surface area contributed by atoms with Crippen LogP contribution in [0.1, 0.15) is 53.4 Å². The zero-order chi connectivity index (χ0) is 12.2. The van der Waals surface area contributed by atoms with Crippen LogP contribution in [0.2, 0.25) is 0 Å². The van der Waals surface area contributed by atoms with Gasteiger partial charge in [-0.3, -0.25) is 9.69 Å². The highest BCUT2D eigenvalue weighted by Gasteiger charge is 2.33. The van der Waals surface area contributed by atoms with Gasteiger partial charge in [-0.2, -0.15) is 0 Å². The van der Waals surface area contributed by atoms with Crippen molar-refractivity contribution in [2.45, 2.75) is 65.0 Å². The summed E-state index contributed by atoms with van der Waals surface area (Å²) in [5.41, 5.74) is -0.365. The third kappa shape index (κ3) is 4.12. The molecular formula is C13H25NO2. The van der Waals surface area contributed by atoms with Gasteiger partial charge in [0.05, 0.1) is 0 Å². The maximum absolute atomic E-state index is 12.0. The van der Waals surface area contributed by atoms with Crippen LogP contribution in [0.15, 0.2) is 0 Å². The second-order valence-corrected chi connectivity index (χ2v) is 5.58. The Morgan fingerprint density at radius 3 is 2.69 bits per heavy atom. The topological polar surface area (TPSA) is 29.5 Å². The molecule has 0 radical (unpaired) electrons. The number of hydrogen-bond acceptors (Lipinski definition) is 3. The van der Waals surface area contributed by atoms with Crippen LogP contribution in [-0.2, 0) is 9.53 Å². The average Bonchev–Trinajstić information content (AvgIpc) is 2.59. The number of carbonyl (C=O) groups is 1. The first kappa shape index (κ1) is 13.5. The van der Waals surface area contributed by atoms with Crippen molar-refractivity contribution < 1.29 is 9.53 Å². The maximum atomic E-state index is 12.0. The molecule has 0 amide bonds. The normalized spacial score (nSPS) is 22.4. The standard InChI is InChI=1S/C13H25NO2/c1-5-6-9-14-10-7-8-11(14)12(15)16-13(2,3)4/h11H,5-10H2,1-4H3. The Morgan fingerprint density at radius 2 is 2.12 bits per heavy atom. The van der Waals surface area contributed by atoms with Gasteiger partial charge in [0.15, 0.2) is 0 Å². The van der Waals surface area contributed by atoms with Crippen molar-refractivity contribution in [3.8, 4) is 0 Å². The lowest BCUT2D eigenvalue weighted by Crippen LogP contribution is -2.40. The second-order valence-electron chi connectivity index (χ2n) is 5.58. The van der Waals surface area contributed by atoms with E-state index in [-0.39, 0.29) is 17.6 Å². The molecule has 94 valence electrons. The van der Waals surface area contributed by atoms with Crippen LogP contribution in [0.5, 0.6) is 0 Å². The molecule has 3 heteroatoms. The SMILES string of the molecule is CCCCN1CCCC1C(=O)OC(C)(C)C. The third-order valence-electron chi connectivity index (χ3n) is 2.84. The molecule has 1 aliphatic heterocycles. The van der Waals surface area contributed by atoms with Gasteiger partial charge in [-0.15, -0.1) is 0 Å². The summed E-state index contributed by atoms with van der Waals surface area (Å²) in [6.07, 6.45) is 4.42. The minimum absolute atomic E-state index is 0.00535. The van der Waals surface area contributed by atoms with E-state index in [1.165, 1.54) is 12.8 Å². The van der Waals surface area contributed by atoms with E-state index in [1.54, 1.807) is 0 Å². The minimum Gasteiger partial charge on any atom is -0.459 e. The Balaban J connectivity index is 2.47. The van der Waals surface area contributed by atoms with E-state index in [1.807, 2.05) is 20.8 Å². The van der Waals surface area contributed by atoms with Gasteiger partial charge in [-0.1, -0.05) is 13.3 Å². The van der Waals surface area contributed by atoms with E-state index in [9.17, 15) is 4.79 Å². The number of likely N-dealkylation sites (tertiary alicyclic amines) is 1. The molecule has 1 unspecified atom stereocenters. The third-order valence-corrected chi connectivity index (χ3v) is 2.84. The molecular weight excluding hydrogens is 202 g/mol. The monoisotopic (exact) mass is 227 g/mol. The lowest BCUT2D eigenvalue weighted by molar-refractivity contribution is -0.160. The minimum atomic E-state index is -0.365. The summed E-state index contributed by atoms with van der Waals surface area (Å²) in [6.45, 7) is 10.0. The lowest BCUT2D eigenvalue weighted by atomic mass is 10.1. The fourth-order valence-electron chi connectivity index (χ4n) is 2.09. The predicted molar refractivity (Wildman–Crippen MR) is 65.3 cm³/mol. The Kier molecular flexibility index (Phi) is 4.78. The summed E-state index contributed by atoms with van der Waals surface area (Å²) >= 11 is 0. The number of hydrogen-bond donors (Lipinski definition) is 0. The summed E-state index contributed by atoms with van der Waals surface area (Å²) in [7, 11) is 0. The van der Waals surface area contributed by atoms with Crippen molar-refractivity contribution in [2.75, 3.05) is 13.1 Å². The van der Waals surface area contributed by atoms with Crippen LogP contribution in [0.4, 0.5) is 0 Å². The number of ether oxygens (including phenoxy) is 1. The Hall–Kier alpha value is -0.570. The molecule has 1 rings (SSSR count). The Labute approximate surface area is 99.1 Å². The van der Waals surface area contributed by atoms with Crippen LogP contribution < -0.4 is 0 Å². The van der Waals surface area contributed by atoms with Crippen molar-refractivity contribution in [1.82, 2.24) is 4.90 Å². The molecule has 1 atom stereocenters. The number of esters is 1.